The summed E-state index contributed by atoms with van der Waals surface area (Å²) in [7, 11) is 1.46. The van der Waals surface area contributed by atoms with Crippen LogP contribution in [-0.2, 0) is 22.6 Å². The first-order valence-electron chi connectivity index (χ1n) is 9.25. The van der Waals surface area contributed by atoms with E-state index in [1.165, 1.54) is 7.11 Å². The number of hydrogen-bond acceptors (Lipinski definition) is 4. The third-order valence-electron chi connectivity index (χ3n) is 5.26. The summed E-state index contributed by atoms with van der Waals surface area (Å²) >= 11 is 0. The molecule has 0 aliphatic heterocycles. The van der Waals surface area contributed by atoms with Gasteiger partial charge in [0, 0.05) is 16.6 Å². The van der Waals surface area contributed by atoms with Gasteiger partial charge in [-0.25, -0.2) is 0 Å². The minimum Gasteiger partial charge on any atom is -0.489 e. The van der Waals surface area contributed by atoms with E-state index in [2.05, 4.69) is 17.1 Å². The lowest BCUT2D eigenvalue weighted by Gasteiger charge is -2.13. The predicted octanol–water partition coefficient (Wildman–Crippen LogP) is 4.62. The average Bonchev–Trinajstić information content (AvgIpc) is 3.47. The molecular weight excluding hydrogens is 338 g/mol. The van der Waals surface area contributed by atoms with Gasteiger partial charge in [-0.2, -0.15) is 0 Å². The Morgan fingerprint density at radius 3 is 2.56 bits per heavy atom. The van der Waals surface area contributed by atoms with E-state index in [4.69, 9.17) is 9.47 Å². The van der Waals surface area contributed by atoms with Gasteiger partial charge in [0.2, 0.25) is 0 Å². The van der Waals surface area contributed by atoms with E-state index in [9.17, 15) is 4.79 Å². The number of fused-ring (bicyclic) bond motifs is 1. The van der Waals surface area contributed by atoms with Crippen molar-refractivity contribution in [1.82, 2.24) is 4.98 Å². The fourth-order valence-corrected chi connectivity index (χ4v) is 3.59. The number of aromatic nitrogens is 1. The van der Waals surface area contributed by atoms with Crippen molar-refractivity contribution in [2.24, 2.45) is 5.41 Å². The summed E-state index contributed by atoms with van der Waals surface area (Å²) in [6.45, 7) is 2.50. The Morgan fingerprint density at radius 1 is 1.11 bits per heavy atom. The van der Waals surface area contributed by atoms with Gasteiger partial charge in [-0.3, -0.25) is 9.78 Å². The summed E-state index contributed by atoms with van der Waals surface area (Å²) in [5, 5.41) is 1.12. The normalized spacial score (nSPS) is 14.7. The van der Waals surface area contributed by atoms with Gasteiger partial charge >= 0.3 is 5.97 Å². The number of hydrogen-bond donors (Lipinski definition) is 0. The zero-order valence-corrected chi connectivity index (χ0v) is 15.7. The third kappa shape index (κ3) is 3.65. The van der Waals surface area contributed by atoms with Crippen LogP contribution < -0.4 is 4.74 Å². The monoisotopic (exact) mass is 361 g/mol. The standard InChI is InChI=1S/C23H23NO3/c1-16-13-18(20-5-3-4-6-21(20)24-16)15-27-19-9-7-17(8-10-19)14-23(11-12-23)22(25)26-2/h3-10,13H,11-12,14-15H2,1-2H3. The van der Waals surface area contributed by atoms with Crippen molar-refractivity contribution in [2.45, 2.75) is 32.8 Å². The Bertz CT molecular complexity index is 975. The van der Waals surface area contributed by atoms with Crippen LogP contribution in [0.4, 0.5) is 0 Å². The molecule has 0 radical (unpaired) electrons. The number of benzene rings is 2. The van der Waals surface area contributed by atoms with Crippen LogP contribution in [0.25, 0.3) is 10.9 Å². The molecule has 0 unspecified atom stereocenters. The lowest BCUT2D eigenvalue weighted by Crippen LogP contribution is -2.19. The molecule has 0 spiro atoms. The number of nitrogens with zero attached hydrogens (tertiary/aromatic N) is 1. The molecule has 1 saturated carbocycles. The van der Waals surface area contributed by atoms with Crippen LogP contribution in [0.3, 0.4) is 0 Å². The van der Waals surface area contributed by atoms with Crippen LogP contribution in [0.2, 0.25) is 0 Å². The fourth-order valence-electron chi connectivity index (χ4n) is 3.59. The van der Waals surface area contributed by atoms with E-state index in [0.29, 0.717) is 6.61 Å². The van der Waals surface area contributed by atoms with Crippen LogP contribution >= 0.6 is 0 Å². The topological polar surface area (TPSA) is 48.4 Å². The van der Waals surface area contributed by atoms with Crippen LogP contribution in [-0.4, -0.2) is 18.1 Å². The molecule has 4 nitrogen and oxygen atoms in total. The molecule has 0 amide bonds. The first kappa shape index (κ1) is 17.5. The molecule has 1 aromatic heterocycles. The number of carbonyl (C=O) groups is 1. The van der Waals surface area contributed by atoms with Crippen molar-refractivity contribution < 1.29 is 14.3 Å². The Hall–Kier alpha value is -2.88. The summed E-state index contributed by atoms with van der Waals surface area (Å²) in [6, 6.07) is 18.2. The summed E-state index contributed by atoms with van der Waals surface area (Å²) in [4.78, 5) is 16.5. The Balaban J connectivity index is 1.45. The summed E-state index contributed by atoms with van der Waals surface area (Å²) < 4.78 is 10.9. The number of esters is 1. The highest BCUT2D eigenvalue weighted by molar-refractivity contribution is 5.82. The first-order valence-corrected chi connectivity index (χ1v) is 9.25. The zero-order valence-electron chi connectivity index (χ0n) is 15.7. The summed E-state index contributed by atoms with van der Waals surface area (Å²) in [5.41, 5.74) is 3.94. The molecule has 1 aliphatic rings. The van der Waals surface area contributed by atoms with E-state index in [-0.39, 0.29) is 11.4 Å². The Labute approximate surface area is 159 Å². The molecule has 138 valence electrons. The van der Waals surface area contributed by atoms with Crippen LogP contribution in [0, 0.1) is 12.3 Å². The third-order valence-corrected chi connectivity index (χ3v) is 5.26. The van der Waals surface area contributed by atoms with E-state index < -0.39 is 0 Å². The number of carbonyl (C=O) groups excluding carboxylic acids is 1. The van der Waals surface area contributed by atoms with E-state index in [0.717, 1.165) is 52.7 Å². The summed E-state index contributed by atoms with van der Waals surface area (Å²) in [5.74, 6) is 0.725. The van der Waals surface area contributed by atoms with Gasteiger partial charge in [0.15, 0.2) is 0 Å². The molecule has 0 N–H and O–H groups in total. The van der Waals surface area contributed by atoms with Gasteiger partial charge in [-0.05, 0) is 56.0 Å². The van der Waals surface area contributed by atoms with E-state index in [1.807, 2.05) is 49.4 Å². The zero-order chi connectivity index (χ0) is 18.9. The quantitative estimate of drug-likeness (QED) is 0.601. The lowest BCUT2D eigenvalue weighted by atomic mass is 9.96. The second kappa shape index (κ2) is 7.03. The molecule has 4 rings (SSSR count). The highest BCUT2D eigenvalue weighted by Gasteiger charge is 2.50. The second-order valence-corrected chi connectivity index (χ2v) is 7.32. The van der Waals surface area contributed by atoms with Gasteiger partial charge in [0.1, 0.15) is 12.4 Å². The average molecular weight is 361 g/mol. The fraction of sp³-hybridized carbons (Fsp3) is 0.304. The molecule has 1 aliphatic carbocycles. The lowest BCUT2D eigenvalue weighted by molar-refractivity contribution is -0.147. The SMILES string of the molecule is COC(=O)C1(Cc2ccc(OCc3cc(C)nc4ccccc34)cc2)CC1. The largest absolute Gasteiger partial charge is 0.489 e. The van der Waals surface area contributed by atoms with Crippen molar-refractivity contribution in [3.63, 3.8) is 0 Å². The maximum Gasteiger partial charge on any atom is 0.312 e. The van der Waals surface area contributed by atoms with Crippen molar-refractivity contribution >= 4 is 16.9 Å². The Kier molecular flexibility index (Phi) is 4.56. The molecule has 1 fully saturated rings. The van der Waals surface area contributed by atoms with Gasteiger partial charge in [0.25, 0.3) is 0 Å². The van der Waals surface area contributed by atoms with Gasteiger partial charge in [-0.15, -0.1) is 0 Å². The van der Waals surface area contributed by atoms with E-state index in [1.54, 1.807) is 0 Å². The highest BCUT2D eigenvalue weighted by Crippen LogP contribution is 2.49. The van der Waals surface area contributed by atoms with Gasteiger partial charge in [0.05, 0.1) is 18.0 Å². The number of para-hydroxylation sites is 1. The number of aryl methyl sites for hydroxylation is 1. The van der Waals surface area contributed by atoms with Crippen LogP contribution in [0.5, 0.6) is 5.75 Å². The maximum atomic E-state index is 11.9. The molecular formula is C23H23NO3. The molecule has 3 aromatic rings. The molecule has 1 heterocycles. The maximum absolute atomic E-state index is 11.9. The molecule has 0 bridgehead atoms. The number of methoxy groups -OCH3 is 1. The molecule has 0 saturated heterocycles. The van der Waals surface area contributed by atoms with Crippen molar-refractivity contribution in [3.8, 4) is 5.75 Å². The van der Waals surface area contributed by atoms with Crippen molar-refractivity contribution in [1.29, 1.82) is 0 Å². The summed E-state index contributed by atoms with van der Waals surface area (Å²) in [6.07, 6.45) is 2.55. The molecule has 4 heteroatoms. The minimum atomic E-state index is -0.301. The van der Waals surface area contributed by atoms with Crippen LogP contribution in [0.15, 0.2) is 54.6 Å². The molecule has 2 aromatic carbocycles. The highest BCUT2D eigenvalue weighted by atomic mass is 16.5. The molecule has 27 heavy (non-hydrogen) atoms. The van der Waals surface area contributed by atoms with Crippen molar-refractivity contribution in [3.05, 3.63) is 71.4 Å². The van der Waals surface area contributed by atoms with Gasteiger partial charge < -0.3 is 9.47 Å². The van der Waals surface area contributed by atoms with Gasteiger partial charge in [-0.1, -0.05) is 30.3 Å². The smallest absolute Gasteiger partial charge is 0.312 e. The number of pyridine rings is 1. The van der Waals surface area contributed by atoms with Crippen LogP contribution in [0.1, 0.15) is 29.7 Å². The molecule has 0 atom stereocenters. The number of rotatable bonds is 6. The first-order chi connectivity index (χ1) is 13.1. The van der Waals surface area contributed by atoms with Crippen molar-refractivity contribution in [2.75, 3.05) is 7.11 Å². The minimum absolute atomic E-state index is 0.0947. The number of ether oxygens (including phenoxy) is 2. The second-order valence-electron chi connectivity index (χ2n) is 7.32. The Morgan fingerprint density at radius 2 is 1.85 bits per heavy atom. The van der Waals surface area contributed by atoms with E-state index >= 15 is 0 Å². The predicted molar refractivity (Wildman–Crippen MR) is 105 cm³/mol.